The molecule has 0 radical (unpaired) electrons. The van der Waals surface area contributed by atoms with Gasteiger partial charge in [-0.25, -0.2) is 4.98 Å². The average molecular weight is 415 g/mol. The first-order chi connectivity index (χ1) is 13.4. The number of fused-ring (bicyclic) bond motifs is 2. The van der Waals surface area contributed by atoms with Crippen LogP contribution in [-0.4, -0.2) is 16.8 Å². The number of anilines is 2. The number of primary amides is 1. The quantitative estimate of drug-likeness (QED) is 0.558. The van der Waals surface area contributed by atoms with Gasteiger partial charge in [0.25, 0.3) is 11.8 Å². The molecule has 0 unspecified atom stereocenters. The van der Waals surface area contributed by atoms with Crippen LogP contribution in [0.3, 0.4) is 0 Å². The zero-order chi connectivity index (χ0) is 20.0. The summed E-state index contributed by atoms with van der Waals surface area (Å²) in [6.45, 7) is 3.88. The first kappa shape index (κ1) is 18.9. The maximum absolute atomic E-state index is 13.0. The minimum atomic E-state index is -0.493. The summed E-state index contributed by atoms with van der Waals surface area (Å²) in [5, 5.41) is 4.25. The van der Waals surface area contributed by atoms with E-state index in [0.717, 1.165) is 64.0 Å². The van der Waals surface area contributed by atoms with E-state index in [1.54, 1.807) is 0 Å². The summed E-state index contributed by atoms with van der Waals surface area (Å²) in [6.07, 6.45) is 5.01. The zero-order valence-corrected chi connectivity index (χ0v) is 17.5. The number of carbonyl (C=O) groups excluding carboxylic acids is 2. The van der Waals surface area contributed by atoms with Gasteiger partial charge in [0, 0.05) is 16.0 Å². The third kappa shape index (κ3) is 3.16. The number of amides is 2. The normalized spacial score (nSPS) is 13.9. The zero-order valence-electron chi connectivity index (χ0n) is 15.8. The fourth-order valence-corrected chi connectivity index (χ4v) is 6.29. The second kappa shape index (κ2) is 7.18. The molecule has 4 rings (SSSR count). The summed E-state index contributed by atoms with van der Waals surface area (Å²) in [5.74, 6) is -0.816. The largest absolute Gasteiger partial charge is 0.397 e. The van der Waals surface area contributed by atoms with Crippen molar-refractivity contribution < 1.29 is 9.59 Å². The van der Waals surface area contributed by atoms with E-state index in [2.05, 4.69) is 10.3 Å². The van der Waals surface area contributed by atoms with Crippen LogP contribution in [-0.2, 0) is 12.8 Å². The minimum absolute atomic E-state index is 0.323. The van der Waals surface area contributed by atoms with Gasteiger partial charge >= 0.3 is 0 Å². The Morgan fingerprint density at radius 1 is 1.14 bits per heavy atom. The van der Waals surface area contributed by atoms with E-state index in [0.29, 0.717) is 21.1 Å². The second-order valence-electron chi connectivity index (χ2n) is 7.19. The fourth-order valence-electron chi connectivity index (χ4n) is 3.89. The van der Waals surface area contributed by atoms with E-state index in [1.165, 1.54) is 22.7 Å². The molecule has 5 N–H and O–H groups in total. The van der Waals surface area contributed by atoms with Crippen molar-refractivity contribution in [1.29, 1.82) is 0 Å². The average Bonchev–Trinajstić information content (AvgIpc) is 3.03. The highest BCUT2D eigenvalue weighted by Crippen LogP contribution is 2.39. The van der Waals surface area contributed by atoms with Crippen molar-refractivity contribution in [3.05, 3.63) is 38.2 Å². The number of rotatable bonds is 3. The molecule has 0 bridgehead atoms. The number of hydrogen-bond donors (Lipinski definition) is 3. The Labute approximate surface area is 171 Å². The molecule has 28 heavy (non-hydrogen) atoms. The van der Waals surface area contributed by atoms with Crippen LogP contribution in [0.1, 0.15) is 61.0 Å². The summed E-state index contributed by atoms with van der Waals surface area (Å²) in [6, 6.07) is 1.95. The highest BCUT2D eigenvalue weighted by atomic mass is 32.1. The maximum Gasteiger partial charge on any atom is 0.268 e. The minimum Gasteiger partial charge on any atom is -0.397 e. The van der Waals surface area contributed by atoms with Gasteiger partial charge in [0.15, 0.2) is 0 Å². The van der Waals surface area contributed by atoms with Crippen LogP contribution < -0.4 is 16.8 Å². The molecule has 0 saturated heterocycles. The Balaban J connectivity index is 1.73. The van der Waals surface area contributed by atoms with Crippen molar-refractivity contribution in [2.75, 3.05) is 11.1 Å². The van der Waals surface area contributed by atoms with Gasteiger partial charge in [-0.1, -0.05) is 6.42 Å². The van der Waals surface area contributed by atoms with Crippen molar-refractivity contribution in [3.8, 4) is 0 Å². The van der Waals surface area contributed by atoms with Gasteiger partial charge in [0.1, 0.15) is 14.7 Å². The number of nitrogens with one attached hydrogen (secondary N) is 1. The van der Waals surface area contributed by atoms with Crippen LogP contribution in [0.5, 0.6) is 0 Å². The fraction of sp³-hybridized carbons (Fsp3) is 0.350. The number of hydrogen-bond acceptors (Lipinski definition) is 6. The number of carbonyl (C=O) groups is 2. The standard InChI is InChI=1S/C20H22N4O2S2/c1-9-8-10(2)23-19-13(9)15(21)16(28-19)18(26)24-20-14(17(22)25)11-6-4-3-5-7-12(11)27-20/h8H,3-7,21H2,1-2H3,(H2,22,25)(H,24,26). The van der Waals surface area contributed by atoms with E-state index >= 15 is 0 Å². The molecule has 0 aromatic carbocycles. The van der Waals surface area contributed by atoms with E-state index in [4.69, 9.17) is 11.5 Å². The first-order valence-electron chi connectivity index (χ1n) is 9.28. The molecule has 0 atom stereocenters. The molecule has 1 aliphatic carbocycles. The van der Waals surface area contributed by atoms with Gasteiger partial charge in [0.05, 0.1) is 11.3 Å². The molecule has 2 amide bonds. The number of nitrogen functional groups attached to an aromatic ring is 1. The molecular formula is C20H22N4O2S2. The topological polar surface area (TPSA) is 111 Å². The molecule has 0 saturated carbocycles. The van der Waals surface area contributed by atoms with Crippen LogP contribution in [0.2, 0.25) is 0 Å². The van der Waals surface area contributed by atoms with Crippen molar-refractivity contribution in [2.45, 2.75) is 46.0 Å². The highest BCUT2D eigenvalue weighted by molar-refractivity contribution is 7.21. The van der Waals surface area contributed by atoms with Crippen LogP contribution >= 0.6 is 22.7 Å². The lowest BCUT2D eigenvalue weighted by Crippen LogP contribution is -2.18. The van der Waals surface area contributed by atoms with Gasteiger partial charge < -0.3 is 16.8 Å². The van der Waals surface area contributed by atoms with Crippen molar-refractivity contribution >= 4 is 55.4 Å². The van der Waals surface area contributed by atoms with Crippen LogP contribution in [0.15, 0.2) is 6.07 Å². The van der Waals surface area contributed by atoms with Gasteiger partial charge in [-0.15, -0.1) is 22.7 Å². The molecule has 3 aromatic rings. The number of thiophene rings is 2. The Morgan fingerprint density at radius 2 is 1.89 bits per heavy atom. The molecule has 6 nitrogen and oxygen atoms in total. The van der Waals surface area contributed by atoms with E-state index in [-0.39, 0.29) is 5.91 Å². The molecule has 3 aromatic heterocycles. The first-order valence-corrected chi connectivity index (χ1v) is 10.9. The lowest BCUT2D eigenvalue weighted by molar-refractivity contribution is 0.100. The summed E-state index contributed by atoms with van der Waals surface area (Å²) in [5.41, 5.74) is 15.7. The predicted molar refractivity (Wildman–Crippen MR) is 116 cm³/mol. The molecule has 146 valence electrons. The predicted octanol–water partition coefficient (Wildman–Crippen LogP) is 4.18. The molecule has 0 spiro atoms. The number of nitrogens with zero attached hydrogens (tertiary/aromatic N) is 1. The molecule has 0 aliphatic heterocycles. The van der Waals surface area contributed by atoms with Crippen LogP contribution in [0.4, 0.5) is 10.7 Å². The maximum atomic E-state index is 13.0. The van der Waals surface area contributed by atoms with Crippen molar-refractivity contribution in [2.24, 2.45) is 5.73 Å². The van der Waals surface area contributed by atoms with E-state index in [9.17, 15) is 9.59 Å². The van der Waals surface area contributed by atoms with Crippen molar-refractivity contribution in [1.82, 2.24) is 4.98 Å². The summed E-state index contributed by atoms with van der Waals surface area (Å²) in [7, 11) is 0. The third-order valence-corrected chi connectivity index (χ3v) is 7.43. The van der Waals surface area contributed by atoms with Crippen LogP contribution in [0.25, 0.3) is 10.2 Å². The number of aryl methyl sites for hydroxylation is 3. The SMILES string of the molecule is Cc1cc(C)c2c(N)c(C(=O)Nc3sc4c(c3C(N)=O)CCCCC4)sc2n1. The van der Waals surface area contributed by atoms with Gasteiger partial charge in [-0.05, 0) is 56.7 Å². The molecule has 0 fully saturated rings. The number of nitrogens with two attached hydrogens (primary N) is 2. The monoisotopic (exact) mass is 414 g/mol. The molecule has 3 heterocycles. The second-order valence-corrected chi connectivity index (χ2v) is 9.30. The smallest absolute Gasteiger partial charge is 0.268 e. The molecule has 8 heteroatoms. The summed E-state index contributed by atoms with van der Waals surface area (Å²) in [4.78, 5) is 31.9. The Kier molecular flexibility index (Phi) is 4.84. The third-order valence-electron chi connectivity index (χ3n) is 5.13. The van der Waals surface area contributed by atoms with Gasteiger partial charge in [-0.2, -0.15) is 0 Å². The van der Waals surface area contributed by atoms with Crippen LogP contribution in [0, 0.1) is 13.8 Å². The molecular weight excluding hydrogens is 392 g/mol. The van der Waals surface area contributed by atoms with Gasteiger partial charge in [0.2, 0.25) is 0 Å². The highest BCUT2D eigenvalue weighted by Gasteiger charge is 2.26. The number of aromatic nitrogens is 1. The lowest BCUT2D eigenvalue weighted by atomic mass is 10.1. The summed E-state index contributed by atoms with van der Waals surface area (Å²) < 4.78 is 0. The molecule has 1 aliphatic rings. The van der Waals surface area contributed by atoms with E-state index < -0.39 is 5.91 Å². The Morgan fingerprint density at radius 3 is 2.64 bits per heavy atom. The van der Waals surface area contributed by atoms with E-state index in [1.807, 2.05) is 19.9 Å². The Hall–Kier alpha value is -2.45. The van der Waals surface area contributed by atoms with Gasteiger partial charge in [-0.3, -0.25) is 9.59 Å². The Bertz CT molecular complexity index is 1110. The number of pyridine rings is 1. The van der Waals surface area contributed by atoms with Crippen molar-refractivity contribution in [3.63, 3.8) is 0 Å². The lowest BCUT2D eigenvalue weighted by Gasteiger charge is -2.06. The summed E-state index contributed by atoms with van der Waals surface area (Å²) >= 11 is 2.73.